The highest BCUT2D eigenvalue weighted by Crippen LogP contribution is 2.40. The van der Waals surface area contributed by atoms with E-state index in [1.807, 2.05) is 32.9 Å². The number of aryl methyl sites for hydroxylation is 2. The van der Waals surface area contributed by atoms with Crippen LogP contribution in [0.2, 0.25) is 0 Å². The van der Waals surface area contributed by atoms with E-state index in [4.69, 9.17) is 16.6 Å². The minimum absolute atomic E-state index is 0.163. The number of amides is 1. The number of aromatic nitrogens is 2. The van der Waals surface area contributed by atoms with E-state index in [1.165, 1.54) is 0 Å². The van der Waals surface area contributed by atoms with Crippen molar-refractivity contribution in [1.82, 2.24) is 9.61 Å². The highest BCUT2D eigenvalue weighted by atomic mass is 16.3. The van der Waals surface area contributed by atoms with Gasteiger partial charge in [0.25, 0.3) is 5.91 Å². The molecule has 3 aromatic rings. The fraction of sp³-hybridized carbons (Fsp3) is 0.300. The number of phenols is 1. The van der Waals surface area contributed by atoms with Gasteiger partial charge in [-0.3, -0.25) is 4.79 Å². The maximum Gasteiger partial charge on any atom is 0.253 e. The molecule has 0 aliphatic carbocycles. The fourth-order valence-corrected chi connectivity index (χ4v) is 3.58. The van der Waals surface area contributed by atoms with Crippen LogP contribution < -0.4 is 11.5 Å². The van der Waals surface area contributed by atoms with Gasteiger partial charge in [-0.05, 0) is 49.9 Å². The Labute approximate surface area is 152 Å². The third-order valence-electron chi connectivity index (χ3n) is 4.93. The summed E-state index contributed by atoms with van der Waals surface area (Å²) in [6.07, 6.45) is 0. The Kier molecular flexibility index (Phi) is 4.14. The Balaban J connectivity index is 2.52. The fourth-order valence-electron chi connectivity index (χ4n) is 3.58. The molecule has 0 radical (unpaired) electrons. The van der Waals surface area contributed by atoms with Crippen molar-refractivity contribution in [2.75, 3.05) is 5.73 Å². The van der Waals surface area contributed by atoms with Gasteiger partial charge in [0.15, 0.2) is 0 Å². The van der Waals surface area contributed by atoms with E-state index in [9.17, 15) is 9.90 Å². The van der Waals surface area contributed by atoms with E-state index >= 15 is 0 Å². The van der Waals surface area contributed by atoms with Crippen molar-refractivity contribution in [3.8, 4) is 17.0 Å². The van der Waals surface area contributed by atoms with E-state index < -0.39 is 5.91 Å². The van der Waals surface area contributed by atoms with E-state index in [0.29, 0.717) is 16.8 Å². The minimum Gasteiger partial charge on any atom is -0.508 e. The molecule has 6 heteroatoms. The predicted molar refractivity (Wildman–Crippen MR) is 104 cm³/mol. The van der Waals surface area contributed by atoms with Gasteiger partial charge in [-0.15, -0.1) is 0 Å². The molecule has 3 rings (SSSR count). The molecule has 136 valence electrons. The third-order valence-corrected chi connectivity index (χ3v) is 4.93. The Morgan fingerprint density at radius 1 is 1.23 bits per heavy atom. The number of hydrogen-bond donors (Lipinski definition) is 3. The Morgan fingerprint density at radius 2 is 1.88 bits per heavy atom. The number of carbonyl (C=O) groups is 1. The predicted octanol–water partition coefficient (Wildman–Crippen LogP) is 3.44. The first kappa shape index (κ1) is 17.8. The summed E-state index contributed by atoms with van der Waals surface area (Å²) in [5.74, 6) is -0.185. The van der Waals surface area contributed by atoms with Gasteiger partial charge in [0.2, 0.25) is 0 Å². The first-order chi connectivity index (χ1) is 12.1. The molecular formula is C20H24N4O2. The molecule has 5 N–H and O–H groups in total. The number of aromatic hydroxyl groups is 1. The minimum atomic E-state index is -0.595. The van der Waals surface area contributed by atoms with E-state index in [-0.39, 0.29) is 22.9 Å². The molecule has 0 saturated heterocycles. The van der Waals surface area contributed by atoms with Crippen LogP contribution in [-0.2, 0) is 0 Å². The van der Waals surface area contributed by atoms with Gasteiger partial charge in [0, 0.05) is 11.1 Å². The normalized spacial score (nSPS) is 11.5. The number of nitrogens with zero attached hydrogens (tertiary/aromatic N) is 2. The number of hydrogen-bond acceptors (Lipinski definition) is 4. The second kappa shape index (κ2) is 6.05. The molecule has 2 aromatic heterocycles. The maximum absolute atomic E-state index is 12.1. The summed E-state index contributed by atoms with van der Waals surface area (Å²) in [6, 6.07) is 5.39. The van der Waals surface area contributed by atoms with Crippen LogP contribution in [-0.4, -0.2) is 20.6 Å². The molecule has 0 bridgehead atoms. The lowest BCUT2D eigenvalue weighted by Crippen LogP contribution is -2.13. The highest BCUT2D eigenvalue weighted by Gasteiger charge is 2.25. The van der Waals surface area contributed by atoms with Crippen LogP contribution in [0.25, 0.3) is 16.8 Å². The van der Waals surface area contributed by atoms with Crippen molar-refractivity contribution >= 4 is 17.1 Å². The van der Waals surface area contributed by atoms with Crippen LogP contribution in [0.5, 0.6) is 5.75 Å². The number of anilines is 1. The monoisotopic (exact) mass is 352 g/mol. The van der Waals surface area contributed by atoms with Gasteiger partial charge in [0.1, 0.15) is 5.75 Å². The smallest absolute Gasteiger partial charge is 0.253 e. The average molecular weight is 352 g/mol. The molecule has 0 fully saturated rings. The van der Waals surface area contributed by atoms with Gasteiger partial charge in [-0.2, -0.15) is 5.10 Å². The van der Waals surface area contributed by atoms with Crippen molar-refractivity contribution in [2.45, 2.75) is 40.5 Å². The number of nitrogens with two attached hydrogens (primary N) is 2. The molecule has 26 heavy (non-hydrogen) atoms. The zero-order valence-electron chi connectivity index (χ0n) is 15.7. The molecule has 0 aliphatic heterocycles. The van der Waals surface area contributed by atoms with Crippen molar-refractivity contribution in [3.05, 3.63) is 46.1 Å². The zero-order chi connectivity index (χ0) is 19.3. The van der Waals surface area contributed by atoms with Crippen LogP contribution in [0.15, 0.2) is 18.2 Å². The maximum atomic E-state index is 12.1. The second-order valence-electron chi connectivity index (χ2n) is 7.04. The average Bonchev–Trinajstić information content (AvgIpc) is 2.82. The van der Waals surface area contributed by atoms with Gasteiger partial charge >= 0.3 is 0 Å². The number of nitrogen functional groups attached to an aromatic ring is 1. The molecule has 0 unspecified atom stereocenters. The third kappa shape index (κ3) is 2.49. The van der Waals surface area contributed by atoms with Gasteiger partial charge in [-0.1, -0.05) is 19.9 Å². The lowest BCUT2D eigenvalue weighted by molar-refractivity contribution is 0.100. The number of rotatable bonds is 3. The summed E-state index contributed by atoms with van der Waals surface area (Å²) in [6.45, 7) is 9.82. The topological polar surface area (TPSA) is 107 Å². The number of fused-ring (bicyclic) bond motifs is 1. The van der Waals surface area contributed by atoms with Crippen molar-refractivity contribution in [1.29, 1.82) is 0 Å². The largest absolute Gasteiger partial charge is 0.508 e. The van der Waals surface area contributed by atoms with Crippen molar-refractivity contribution in [3.63, 3.8) is 0 Å². The van der Waals surface area contributed by atoms with Crippen LogP contribution in [0.1, 0.15) is 52.5 Å². The lowest BCUT2D eigenvalue weighted by Gasteiger charge is -2.14. The van der Waals surface area contributed by atoms with Crippen LogP contribution in [0, 0.1) is 20.8 Å². The standard InChI is InChI=1S/C20H24N4O2/c1-9(2)13-8-14-17(20(22)26)18(21)19(24(14)23-12(13)5)16-10(3)6-7-15(25)11(16)4/h6-9,25H,21H2,1-5H3,(H2,22,26). The summed E-state index contributed by atoms with van der Waals surface area (Å²) in [5, 5.41) is 14.9. The number of benzene rings is 1. The second-order valence-corrected chi connectivity index (χ2v) is 7.04. The van der Waals surface area contributed by atoms with E-state index in [2.05, 4.69) is 13.8 Å². The van der Waals surface area contributed by atoms with Gasteiger partial charge < -0.3 is 16.6 Å². The Bertz CT molecular complexity index is 1050. The van der Waals surface area contributed by atoms with Gasteiger partial charge in [-0.25, -0.2) is 4.52 Å². The summed E-state index contributed by atoms with van der Waals surface area (Å²) in [7, 11) is 0. The molecular weight excluding hydrogens is 328 g/mol. The number of phenolic OH excluding ortho intramolecular Hbond substituents is 1. The highest BCUT2D eigenvalue weighted by molar-refractivity contribution is 6.09. The quantitative estimate of drug-likeness (QED) is 0.671. The molecule has 0 aliphatic rings. The van der Waals surface area contributed by atoms with Crippen molar-refractivity contribution < 1.29 is 9.90 Å². The molecule has 0 atom stereocenters. The SMILES string of the molecule is Cc1ccc(O)c(C)c1-c1c(N)c(C(N)=O)c2cc(C(C)C)c(C)nn12. The van der Waals surface area contributed by atoms with Crippen LogP contribution >= 0.6 is 0 Å². The lowest BCUT2D eigenvalue weighted by atomic mass is 9.98. The van der Waals surface area contributed by atoms with E-state index in [1.54, 1.807) is 10.6 Å². The molecule has 0 spiro atoms. The van der Waals surface area contributed by atoms with Gasteiger partial charge in [0.05, 0.1) is 28.2 Å². The van der Waals surface area contributed by atoms with Crippen LogP contribution in [0.3, 0.4) is 0 Å². The summed E-state index contributed by atoms with van der Waals surface area (Å²) < 4.78 is 1.67. The first-order valence-corrected chi connectivity index (χ1v) is 8.56. The van der Waals surface area contributed by atoms with Crippen molar-refractivity contribution in [2.24, 2.45) is 5.73 Å². The summed E-state index contributed by atoms with van der Waals surface area (Å²) in [4.78, 5) is 12.1. The number of primary amides is 1. The zero-order valence-corrected chi connectivity index (χ0v) is 15.7. The molecule has 1 aromatic carbocycles. The molecule has 0 saturated carbocycles. The Morgan fingerprint density at radius 3 is 2.46 bits per heavy atom. The molecule has 6 nitrogen and oxygen atoms in total. The first-order valence-electron chi connectivity index (χ1n) is 8.56. The summed E-state index contributed by atoms with van der Waals surface area (Å²) in [5.41, 5.74) is 18.0. The number of carbonyl (C=O) groups excluding carboxylic acids is 1. The van der Waals surface area contributed by atoms with Crippen LogP contribution in [0.4, 0.5) is 5.69 Å². The molecule has 1 amide bonds. The van der Waals surface area contributed by atoms with E-state index in [0.717, 1.165) is 22.4 Å². The molecule has 2 heterocycles. The summed E-state index contributed by atoms with van der Waals surface area (Å²) >= 11 is 0. The Hall–Kier alpha value is -3.02.